The van der Waals surface area contributed by atoms with E-state index in [4.69, 9.17) is 5.11 Å². The highest BCUT2D eigenvalue weighted by Gasteiger charge is 2.17. The summed E-state index contributed by atoms with van der Waals surface area (Å²) in [5, 5.41) is 8.92. The van der Waals surface area contributed by atoms with Crippen LogP contribution in [-0.2, 0) is 20.7 Å². The first-order chi connectivity index (χ1) is 7.91. The standard InChI is InChI=1S/C13H16O4/c1-8-5-4-6-9(2)11(8)7-12(15)17-13(16)10(3)14/h4-6,10,14H,7H2,1-3H3. The van der Waals surface area contributed by atoms with Gasteiger partial charge in [-0.25, -0.2) is 4.79 Å². The lowest BCUT2D eigenvalue weighted by atomic mass is 10.0. The number of benzene rings is 1. The Bertz CT molecular complexity index is 415. The van der Waals surface area contributed by atoms with Crippen molar-refractivity contribution >= 4 is 11.9 Å². The Kier molecular flexibility index (Phi) is 4.40. The molecule has 0 saturated carbocycles. The third kappa shape index (κ3) is 3.67. The fraction of sp³-hybridized carbons (Fsp3) is 0.385. The van der Waals surface area contributed by atoms with Crippen LogP contribution >= 0.6 is 0 Å². The van der Waals surface area contributed by atoms with E-state index >= 15 is 0 Å². The summed E-state index contributed by atoms with van der Waals surface area (Å²) in [4.78, 5) is 22.5. The van der Waals surface area contributed by atoms with E-state index in [0.29, 0.717) is 0 Å². The summed E-state index contributed by atoms with van der Waals surface area (Å²) >= 11 is 0. The zero-order valence-electron chi connectivity index (χ0n) is 10.2. The van der Waals surface area contributed by atoms with Crippen LogP contribution in [0.1, 0.15) is 23.6 Å². The highest BCUT2D eigenvalue weighted by atomic mass is 16.6. The number of hydrogen-bond acceptors (Lipinski definition) is 4. The predicted octanol–water partition coefficient (Wildman–Crippen LogP) is 1.30. The minimum Gasteiger partial charge on any atom is -0.391 e. The molecule has 0 aliphatic carbocycles. The maximum atomic E-state index is 11.5. The zero-order valence-corrected chi connectivity index (χ0v) is 10.2. The molecule has 0 aliphatic rings. The fourth-order valence-corrected chi connectivity index (χ4v) is 1.51. The molecule has 0 fully saturated rings. The molecule has 4 heteroatoms. The van der Waals surface area contributed by atoms with E-state index in [1.807, 2.05) is 32.0 Å². The molecule has 0 bridgehead atoms. The van der Waals surface area contributed by atoms with Gasteiger partial charge in [-0.15, -0.1) is 0 Å². The van der Waals surface area contributed by atoms with Gasteiger partial charge in [0.2, 0.25) is 0 Å². The van der Waals surface area contributed by atoms with Gasteiger partial charge in [-0.2, -0.15) is 0 Å². The molecule has 4 nitrogen and oxygen atoms in total. The second-order valence-electron chi connectivity index (χ2n) is 4.02. The lowest BCUT2D eigenvalue weighted by molar-refractivity contribution is -0.164. The summed E-state index contributed by atoms with van der Waals surface area (Å²) in [5.74, 6) is -1.56. The summed E-state index contributed by atoms with van der Waals surface area (Å²) in [5.41, 5.74) is 2.81. The average molecular weight is 236 g/mol. The lowest BCUT2D eigenvalue weighted by Crippen LogP contribution is -2.24. The molecule has 1 unspecified atom stereocenters. The van der Waals surface area contributed by atoms with Crippen molar-refractivity contribution in [3.63, 3.8) is 0 Å². The largest absolute Gasteiger partial charge is 0.391 e. The molecule has 0 saturated heterocycles. The molecule has 0 amide bonds. The third-order valence-electron chi connectivity index (χ3n) is 2.52. The van der Waals surface area contributed by atoms with Gasteiger partial charge < -0.3 is 9.84 Å². The summed E-state index contributed by atoms with van der Waals surface area (Å²) in [6.45, 7) is 5.05. The summed E-state index contributed by atoms with van der Waals surface area (Å²) in [6.07, 6.45) is -1.24. The van der Waals surface area contributed by atoms with E-state index in [9.17, 15) is 9.59 Å². The van der Waals surface area contributed by atoms with Crippen molar-refractivity contribution in [1.82, 2.24) is 0 Å². The molecule has 0 radical (unpaired) electrons. The third-order valence-corrected chi connectivity index (χ3v) is 2.52. The van der Waals surface area contributed by atoms with Crippen LogP contribution in [-0.4, -0.2) is 23.1 Å². The van der Waals surface area contributed by atoms with Crippen molar-refractivity contribution in [2.45, 2.75) is 33.3 Å². The number of aliphatic hydroxyl groups excluding tert-OH is 1. The monoisotopic (exact) mass is 236 g/mol. The summed E-state index contributed by atoms with van der Waals surface area (Å²) in [7, 11) is 0. The van der Waals surface area contributed by atoms with Gasteiger partial charge in [0.05, 0.1) is 6.42 Å². The highest BCUT2D eigenvalue weighted by Crippen LogP contribution is 2.14. The van der Waals surface area contributed by atoms with Gasteiger partial charge >= 0.3 is 11.9 Å². The first-order valence-electron chi connectivity index (χ1n) is 5.39. The number of carbonyl (C=O) groups is 2. The van der Waals surface area contributed by atoms with Crippen molar-refractivity contribution in [3.8, 4) is 0 Å². The Morgan fingerprint density at radius 2 is 1.82 bits per heavy atom. The van der Waals surface area contributed by atoms with Gasteiger partial charge in [0.1, 0.15) is 6.10 Å². The van der Waals surface area contributed by atoms with Gasteiger partial charge in [-0.1, -0.05) is 18.2 Å². The molecule has 17 heavy (non-hydrogen) atoms. The Morgan fingerprint density at radius 1 is 1.29 bits per heavy atom. The van der Waals surface area contributed by atoms with Crippen molar-refractivity contribution < 1.29 is 19.4 Å². The Balaban J connectivity index is 2.72. The number of hydrogen-bond donors (Lipinski definition) is 1. The quantitative estimate of drug-likeness (QED) is 0.634. The van der Waals surface area contributed by atoms with E-state index in [1.54, 1.807) is 0 Å². The SMILES string of the molecule is Cc1cccc(C)c1CC(=O)OC(=O)C(C)O. The number of ether oxygens (including phenoxy) is 1. The van der Waals surface area contributed by atoms with E-state index in [-0.39, 0.29) is 6.42 Å². The number of rotatable bonds is 3. The van der Waals surface area contributed by atoms with Crippen LogP contribution in [0.25, 0.3) is 0 Å². The number of aryl methyl sites for hydroxylation is 2. The fourth-order valence-electron chi connectivity index (χ4n) is 1.51. The molecule has 0 spiro atoms. The molecule has 0 aromatic heterocycles. The minimum absolute atomic E-state index is 0.0387. The molecule has 1 aromatic carbocycles. The van der Waals surface area contributed by atoms with Crippen LogP contribution in [0, 0.1) is 13.8 Å². The van der Waals surface area contributed by atoms with Crippen LogP contribution in [0.3, 0.4) is 0 Å². The van der Waals surface area contributed by atoms with E-state index in [0.717, 1.165) is 16.7 Å². The van der Waals surface area contributed by atoms with E-state index in [2.05, 4.69) is 4.74 Å². The first kappa shape index (κ1) is 13.4. The molecule has 0 heterocycles. The topological polar surface area (TPSA) is 63.6 Å². The van der Waals surface area contributed by atoms with Gasteiger partial charge in [0.25, 0.3) is 0 Å². The molecular weight excluding hydrogens is 220 g/mol. The van der Waals surface area contributed by atoms with Crippen LogP contribution in [0.2, 0.25) is 0 Å². The molecular formula is C13H16O4. The summed E-state index contributed by atoms with van der Waals surface area (Å²) in [6, 6.07) is 5.69. The molecule has 1 aromatic rings. The predicted molar refractivity (Wildman–Crippen MR) is 62.4 cm³/mol. The Morgan fingerprint density at radius 3 is 2.29 bits per heavy atom. The van der Waals surface area contributed by atoms with Gasteiger partial charge in [-0.05, 0) is 37.5 Å². The number of esters is 2. The second-order valence-corrected chi connectivity index (χ2v) is 4.02. The average Bonchev–Trinajstić information content (AvgIpc) is 2.23. The van der Waals surface area contributed by atoms with Crippen LogP contribution < -0.4 is 0 Å². The Labute approximate surface area is 100 Å². The van der Waals surface area contributed by atoms with Crippen LogP contribution in [0.15, 0.2) is 18.2 Å². The molecule has 1 atom stereocenters. The van der Waals surface area contributed by atoms with E-state index in [1.165, 1.54) is 6.92 Å². The highest BCUT2D eigenvalue weighted by molar-refractivity contribution is 5.88. The lowest BCUT2D eigenvalue weighted by Gasteiger charge is -2.09. The van der Waals surface area contributed by atoms with Crippen molar-refractivity contribution in [2.24, 2.45) is 0 Å². The van der Waals surface area contributed by atoms with Crippen LogP contribution in [0.4, 0.5) is 0 Å². The maximum absolute atomic E-state index is 11.5. The zero-order chi connectivity index (χ0) is 13.0. The maximum Gasteiger partial charge on any atom is 0.342 e. The first-order valence-corrected chi connectivity index (χ1v) is 5.39. The minimum atomic E-state index is -1.28. The molecule has 1 rings (SSSR count). The number of aliphatic hydroxyl groups is 1. The Hall–Kier alpha value is -1.68. The van der Waals surface area contributed by atoms with Gasteiger partial charge in [-0.3, -0.25) is 4.79 Å². The summed E-state index contributed by atoms with van der Waals surface area (Å²) < 4.78 is 4.50. The normalized spacial score (nSPS) is 12.0. The molecule has 0 aliphatic heterocycles. The number of carbonyl (C=O) groups excluding carboxylic acids is 2. The van der Waals surface area contributed by atoms with Crippen LogP contribution in [0.5, 0.6) is 0 Å². The van der Waals surface area contributed by atoms with Gasteiger partial charge in [0, 0.05) is 0 Å². The van der Waals surface area contributed by atoms with Crippen molar-refractivity contribution in [1.29, 1.82) is 0 Å². The van der Waals surface area contributed by atoms with Crippen molar-refractivity contribution in [3.05, 3.63) is 34.9 Å². The smallest absolute Gasteiger partial charge is 0.342 e. The second kappa shape index (κ2) is 5.59. The van der Waals surface area contributed by atoms with Crippen molar-refractivity contribution in [2.75, 3.05) is 0 Å². The molecule has 92 valence electrons. The van der Waals surface area contributed by atoms with E-state index < -0.39 is 18.0 Å². The molecule has 1 N–H and O–H groups in total. The van der Waals surface area contributed by atoms with Gasteiger partial charge in [0.15, 0.2) is 0 Å².